The molecule has 0 fully saturated rings. The fourth-order valence-corrected chi connectivity index (χ4v) is 1.69. The summed E-state index contributed by atoms with van der Waals surface area (Å²) in [6, 6.07) is 0. The molecule has 0 aromatic carbocycles. The van der Waals surface area contributed by atoms with E-state index in [1.165, 1.54) is 6.20 Å². The molecule has 1 N–H and O–H groups in total. The number of nitrogens with zero attached hydrogens (tertiary/aromatic N) is 2. The number of nitro groups is 1. The van der Waals surface area contributed by atoms with Crippen molar-refractivity contribution < 1.29 is 5.03 Å². The van der Waals surface area contributed by atoms with E-state index in [0.717, 1.165) is 10.0 Å². The van der Waals surface area contributed by atoms with Crippen molar-refractivity contribution in [1.29, 1.82) is 0 Å². The molecule has 0 radical (unpaired) electrons. The van der Waals surface area contributed by atoms with Crippen LogP contribution in [0.2, 0.25) is 0 Å². The molecular formula is C6H5Br2N3O2. The van der Waals surface area contributed by atoms with E-state index in [4.69, 9.17) is 0 Å². The Morgan fingerprint density at radius 3 is 2.77 bits per heavy atom. The third kappa shape index (κ3) is 2.38. The van der Waals surface area contributed by atoms with Gasteiger partial charge in [-0.2, -0.15) is 0 Å². The minimum Gasteiger partial charge on any atom is -0.234 e. The van der Waals surface area contributed by atoms with Gasteiger partial charge in [0.15, 0.2) is 5.03 Å². The van der Waals surface area contributed by atoms with Gasteiger partial charge in [0.2, 0.25) is 5.82 Å². The quantitative estimate of drug-likeness (QED) is 0.673. The van der Waals surface area contributed by atoms with Crippen LogP contribution in [0, 0.1) is 17.0 Å². The summed E-state index contributed by atoms with van der Waals surface area (Å²) in [6.07, 6.45) is 1.51. The molecule has 0 aliphatic carbocycles. The van der Waals surface area contributed by atoms with E-state index in [-0.39, 0.29) is 5.82 Å². The van der Waals surface area contributed by atoms with Crippen molar-refractivity contribution in [1.82, 2.24) is 4.98 Å². The van der Waals surface area contributed by atoms with Gasteiger partial charge in [0.25, 0.3) is 0 Å². The van der Waals surface area contributed by atoms with Crippen molar-refractivity contribution in [3.05, 3.63) is 30.8 Å². The maximum absolute atomic E-state index is 10.1. The van der Waals surface area contributed by atoms with Gasteiger partial charge in [-0.1, -0.05) is 5.43 Å². The third-order valence-electron chi connectivity index (χ3n) is 1.40. The van der Waals surface area contributed by atoms with Crippen molar-refractivity contribution in [2.24, 2.45) is 0 Å². The second kappa shape index (κ2) is 4.01. The number of hydrazine groups is 1. The lowest BCUT2D eigenvalue weighted by Gasteiger charge is -2.04. The Bertz CT molecular complexity index is 356. The molecule has 1 aromatic heterocycles. The van der Waals surface area contributed by atoms with Gasteiger partial charge in [0.1, 0.15) is 0 Å². The van der Waals surface area contributed by atoms with Gasteiger partial charge in [0, 0.05) is 10.7 Å². The lowest BCUT2D eigenvalue weighted by Crippen LogP contribution is -2.10. The minimum atomic E-state index is -0.652. The maximum Gasteiger partial charge on any atom is 0.205 e. The van der Waals surface area contributed by atoms with Crippen molar-refractivity contribution >= 4 is 37.7 Å². The molecule has 1 aromatic rings. The van der Waals surface area contributed by atoms with Crippen LogP contribution in [0.3, 0.4) is 0 Å². The third-order valence-corrected chi connectivity index (χ3v) is 3.17. The molecule has 0 atom stereocenters. The Labute approximate surface area is 90.9 Å². The van der Waals surface area contributed by atoms with E-state index < -0.39 is 5.03 Å². The number of pyridine rings is 1. The second-order valence-corrected chi connectivity index (χ2v) is 3.91. The fraction of sp³-hybridized carbons (Fsp3) is 0.167. The minimum absolute atomic E-state index is 0.200. The molecular weight excluding hydrogens is 306 g/mol. The molecule has 0 aliphatic heterocycles. The average molecular weight is 311 g/mol. The van der Waals surface area contributed by atoms with Crippen LogP contribution < -0.4 is 5.43 Å². The number of rotatable bonds is 2. The number of nitrogens with one attached hydrogen (secondary N) is 1. The first-order valence-corrected chi connectivity index (χ1v) is 4.82. The molecule has 70 valence electrons. The summed E-state index contributed by atoms with van der Waals surface area (Å²) in [5.41, 5.74) is 2.84. The smallest absolute Gasteiger partial charge is 0.205 e. The predicted octanol–water partition coefficient (Wildman–Crippen LogP) is 2.52. The summed E-state index contributed by atoms with van der Waals surface area (Å²) in [5.74, 6) is 0.200. The lowest BCUT2D eigenvalue weighted by atomic mass is 10.3. The van der Waals surface area contributed by atoms with E-state index in [0.29, 0.717) is 4.47 Å². The van der Waals surface area contributed by atoms with Crippen LogP contribution in [0.1, 0.15) is 5.56 Å². The van der Waals surface area contributed by atoms with Crippen LogP contribution >= 0.6 is 31.9 Å². The highest BCUT2D eigenvalue weighted by Gasteiger charge is 2.10. The Morgan fingerprint density at radius 2 is 2.23 bits per heavy atom. The Balaban J connectivity index is 3.10. The summed E-state index contributed by atoms with van der Waals surface area (Å²) in [7, 11) is 0. The van der Waals surface area contributed by atoms with Gasteiger partial charge in [-0.3, -0.25) is 0 Å². The first-order valence-electron chi connectivity index (χ1n) is 3.24. The standard InChI is InChI=1S/C6H5Br2N3O2/c1-3-4(7)2-9-6(5(3)8)10-11(12)13/h2H,1H3,(H,9,10). The zero-order valence-electron chi connectivity index (χ0n) is 6.54. The summed E-state index contributed by atoms with van der Waals surface area (Å²) in [4.78, 5) is 14.0. The van der Waals surface area contributed by atoms with Gasteiger partial charge >= 0.3 is 0 Å². The number of aromatic nitrogens is 1. The van der Waals surface area contributed by atoms with E-state index in [9.17, 15) is 10.1 Å². The molecule has 0 amide bonds. The molecule has 0 aliphatic rings. The molecule has 1 heterocycles. The Hall–Kier alpha value is -0.690. The molecule has 13 heavy (non-hydrogen) atoms. The van der Waals surface area contributed by atoms with Crippen LogP contribution in [0.4, 0.5) is 5.82 Å². The SMILES string of the molecule is Cc1c(Br)cnc(N[N+](=O)[O-])c1Br. The average Bonchev–Trinajstić information content (AvgIpc) is 2.06. The van der Waals surface area contributed by atoms with Gasteiger partial charge in [0.05, 0.1) is 4.47 Å². The maximum atomic E-state index is 10.1. The summed E-state index contributed by atoms with van der Waals surface area (Å²) in [6.45, 7) is 1.82. The molecule has 1 rings (SSSR count). The number of hydrogen-bond donors (Lipinski definition) is 1. The normalized spacial score (nSPS) is 9.77. The van der Waals surface area contributed by atoms with Gasteiger partial charge in [-0.15, -0.1) is 0 Å². The van der Waals surface area contributed by atoms with Crippen LogP contribution in [-0.2, 0) is 0 Å². The lowest BCUT2D eigenvalue weighted by molar-refractivity contribution is -0.445. The highest BCUT2D eigenvalue weighted by molar-refractivity contribution is 9.11. The largest absolute Gasteiger partial charge is 0.234 e. The zero-order chi connectivity index (χ0) is 10.0. The van der Waals surface area contributed by atoms with Gasteiger partial charge in [-0.25, -0.2) is 15.1 Å². The van der Waals surface area contributed by atoms with Crippen molar-refractivity contribution in [2.75, 3.05) is 5.43 Å². The molecule has 0 spiro atoms. The summed E-state index contributed by atoms with van der Waals surface area (Å²) < 4.78 is 1.38. The summed E-state index contributed by atoms with van der Waals surface area (Å²) in [5, 5.41) is 9.49. The Morgan fingerprint density at radius 1 is 1.62 bits per heavy atom. The van der Waals surface area contributed by atoms with Gasteiger partial charge < -0.3 is 0 Å². The van der Waals surface area contributed by atoms with Crippen molar-refractivity contribution in [2.45, 2.75) is 6.92 Å². The van der Waals surface area contributed by atoms with Crippen LogP contribution in [-0.4, -0.2) is 10.0 Å². The van der Waals surface area contributed by atoms with Gasteiger partial charge in [-0.05, 0) is 44.3 Å². The molecule has 0 unspecified atom stereocenters. The highest BCUT2D eigenvalue weighted by atomic mass is 79.9. The second-order valence-electron chi connectivity index (χ2n) is 2.26. The molecule has 0 bridgehead atoms. The van der Waals surface area contributed by atoms with Crippen molar-refractivity contribution in [3.63, 3.8) is 0 Å². The van der Waals surface area contributed by atoms with E-state index in [1.54, 1.807) is 0 Å². The molecule has 7 heteroatoms. The monoisotopic (exact) mass is 309 g/mol. The van der Waals surface area contributed by atoms with Crippen molar-refractivity contribution in [3.8, 4) is 0 Å². The zero-order valence-corrected chi connectivity index (χ0v) is 9.72. The first-order chi connectivity index (χ1) is 6.02. The summed E-state index contributed by atoms with van der Waals surface area (Å²) >= 11 is 6.46. The van der Waals surface area contributed by atoms with E-state index >= 15 is 0 Å². The molecule has 0 saturated heterocycles. The van der Waals surface area contributed by atoms with Crippen LogP contribution in [0.5, 0.6) is 0 Å². The van der Waals surface area contributed by atoms with Crippen LogP contribution in [0.15, 0.2) is 15.1 Å². The predicted molar refractivity (Wildman–Crippen MR) is 55.0 cm³/mol. The number of halogens is 2. The topological polar surface area (TPSA) is 68.1 Å². The Kier molecular flexibility index (Phi) is 3.21. The van der Waals surface area contributed by atoms with E-state index in [1.807, 2.05) is 12.3 Å². The number of hydrogen-bond acceptors (Lipinski definition) is 3. The number of anilines is 1. The van der Waals surface area contributed by atoms with E-state index in [2.05, 4.69) is 36.8 Å². The first kappa shape index (κ1) is 10.4. The molecule has 5 nitrogen and oxygen atoms in total. The molecule has 0 saturated carbocycles. The highest BCUT2D eigenvalue weighted by Crippen LogP contribution is 2.28. The fourth-order valence-electron chi connectivity index (χ4n) is 0.722. The van der Waals surface area contributed by atoms with Crippen LogP contribution in [0.25, 0.3) is 0 Å².